The van der Waals surface area contributed by atoms with Crippen molar-refractivity contribution in [1.29, 1.82) is 0 Å². The molecule has 0 spiro atoms. The summed E-state index contributed by atoms with van der Waals surface area (Å²) in [6, 6.07) is 24.2. The molecule has 5 aromatic rings. The number of fused-ring (bicyclic) bond motifs is 6. The number of nitrogens with zero attached hydrogens (tertiary/aromatic N) is 3. The van der Waals surface area contributed by atoms with Gasteiger partial charge in [-0.15, -0.1) is 29.4 Å². The fourth-order valence-electron chi connectivity index (χ4n) is 3.75. The van der Waals surface area contributed by atoms with Crippen molar-refractivity contribution < 1.29 is 20.1 Å². The zero-order valence-corrected chi connectivity index (χ0v) is 16.8. The van der Waals surface area contributed by atoms with Gasteiger partial charge in [0, 0.05) is 31.2 Å². The number of benzene rings is 3. The van der Waals surface area contributed by atoms with E-state index in [1.165, 1.54) is 16.5 Å². The van der Waals surface area contributed by atoms with Crippen molar-refractivity contribution in [3.63, 3.8) is 0 Å². The van der Waals surface area contributed by atoms with Gasteiger partial charge in [-0.05, 0) is 36.4 Å². The van der Waals surface area contributed by atoms with E-state index in [1.807, 2.05) is 12.1 Å². The van der Waals surface area contributed by atoms with Crippen LogP contribution < -0.4 is 0 Å². The Morgan fingerprint density at radius 1 is 0.808 bits per heavy atom. The quantitative estimate of drug-likeness (QED) is 0.230. The molecule has 0 saturated carbocycles. The van der Waals surface area contributed by atoms with Crippen LogP contribution in [0.2, 0.25) is 0 Å². The van der Waals surface area contributed by atoms with E-state index in [-0.39, 0.29) is 20.1 Å². The van der Waals surface area contributed by atoms with Crippen molar-refractivity contribution in [2.24, 2.45) is 0 Å². The first-order valence-corrected chi connectivity index (χ1v) is 8.38. The molecule has 0 saturated heterocycles. The van der Waals surface area contributed by atoms with Crippen LogP contribution in [0, 0.1) is 19.9 Å². The second-order valence-electron chi connectivity index (χ2n) is 6.43. The third-order valence-corrected chi connectivity index (χ3v) is 4.88. The molecule has 0 N–H and O–H groups in total. The van der Waals surface area contributed by atoms with Gasteiger partial charge in [-0.3, -0.25) is 0 Å². The predicted molar refractivity (Wildman–Crippen MR) is 102 cm³/mol. The van der Waals surface area contributed by atoms with Gasteiger partial charge in [-0.2, -0.15) is 5.10 Å². The van der Waals surface area contributed by atoms with Crippen LogP contribution in [0.15, 0.2) is 60.7 Å². The van der Waals surface area contributed by atoms with E-state index < -0.39 is 0 Å². The molecule has 0 aliphatic carbocycles. The van der Waals surface area contributed by atoms with Crippen molar-refractivity contribution in [2.75, 3.05) is 0 Å². The van der Waals surface area contributed by atoms with Crippen molar-refractivity contribution in [3.05, 3.63) is 77.9 Å². The van der Waals surface area contributed by atoms with Crippen LogP contribution in [0.4, 0.5) is 0 Å². The molecule has 1 radical (unpaired) electrons. The van der Waals surface area contributed by atoms with Crippen molar-refractivity contribution in [2.45, 2.75) is 13.8 Å². The van der Waals surface area contributed by atoms with Gasteiger partial charge in [0.05, 0.1) is 5.65 Å². The van der Waals surface area contributed by atoms with Crippen LogP contribution in [0.3, 0.4) is 0 Å². The van der Waals surface area contributed by atoms with E-state index in [0.29, 0.717) is 0 Å². The Labute approximate surface area is 165 Å². The SMILES string of the molecule is Cc1cccc(C)c1-c1nnc2c3[c-]cccc3c3ccccc3n12.[Ir]. The van der Waals surface area contributed by atoms with Crippen LogP contribution in [0.5, 0.6) is 0 Å². The van der Waals surface area contributed by atoms with Crippen LogP contribution in [0.1, 0.15) is 11.1 Å². The van der Waals surface area contributed by atoms with Gasteiger partial charge in [0.25, 0.3) is 0 Å². The van der Waals surface area contributed by atoms with E-state index in [9.17, 15) is 0 Å². The summed E-state index contributed by atoms with van der Waals surface area (Å²) in [4.78, 5) is 0. The Morgan fingerprint density at radius 2 is 1.54 bits per heavy atom. The molecule has 0 atom stereocenters. The summed E-state index contributed by atoms with van der Waals surface area (Å²) in [5.41, 5.74) is 5.53. The Bertz CT molecular complexity index is 1250. The van der Waals surface area contributed by atoms with Crippen molar-refractivity contribution in [3.8, 4) is 11.4 Å². The first-order chi connectivity index (χ1) is 12.3. The molecule has 2 heterocycles. The summed E-state index contributed by atoms with van der Waals surface area (Å²) in [6.45, 7) is 4.25. The third kappa shape index (κ3) is 2.30. The van der Waals surface area contributed by atoms with Crippen LogP contribution in [-0.4, -0.2) is 14.6 Å². The monoisotopic (exact) mass is 515 g/mol. The summed E-state index contributed by atoms with van der Waals surface area (Å²) in [7, 11) is 0. The number of para-hydroxylation sites is 1. The van der Waals surface area contributed by atoms with E-state index in [4.69, 9.17) is 0 Å². The van der Waals surface area contributed by atoms with Crippen LogP contribution >= 0.6 is 0 Å². The first kappa shape index (κ1) is 16.9. The molecule has 26 heavy (non-hydrogen) atoms. The number of pyridine rings is 1. The number of rotatable bonds is 1. The van der Waals surface area contributed by atoms with E-state index >= 15 is 0 Å². The Balaban J connectivity index is 0.00000168. The van der Waals surface area contributed by atoms with Crippen molar-refractivity contribution >= 4 is 27.3 Å². The molecule has 4 heteroatoms. The van der Waals surface area contributed by atoms with Gasteiger partial charge in [-0.1, -0.05) is 47.2 Å². The fourth-order valence-corrected chi connectivity index (χ4v) is 3.75. The standard InChI is InChI=1S/C22H16N3.Ir/c1-14-8-7-9-15(2)20(14)22-24-23-21-18-12-4-3-10-16(18)17-11-5-6-13-19(17)25(21)22;/h3-11,13H,1-2H3;/q-1;. The summed E-state index contributed by atoms with van der Waals surface area (Å²) in [5.74, 6) is 0.890. The van der Waals surface area contributed by atoms with Gasteiger partial charge in [-0.25, -0.2) is 0 Å². The molecule has 3 nitrogen and oxygen atoms in total. The van der Waals surface area contributed by atoms with Gasteiger partial charge >= 0.3 is 0 Å². The van der Waals surface area contributed by atoms with Gasteiger partial charge < -0.3 is 4.40 Å². The van der Waals surface area contributed by atoms with Crippen molar-refractivity contribution in [1.82, 2.24) is 14.6 Å². The minimum atomic E-state index is 0. The average Bonchev–Trinajstić information content (AvgIpc) is 3.07. The molecule has 5 rings (SSSR count). The molecule has 0 aliphatic rings. The van der Waals surface area contributed by atoms with Crippen LogP contribution in [-0.2, 0) is 20.1 Å². The normalized spacial score (nSPS) is 11.2. The molecular weight excluding hydrogens is 498 g/mol. The Hall–Kier alpha value is -2.55. The molecule has 0 amide bonds. The molecule has 0 unspecified atom stereocenters. The zero-order chi connectivity index (χ0) is 17.0. The van der Waals surface area contributed by atoms with Gasteiger partial charge in [0.1, 0.15) is 0 Å². The number of hydrogen-bond acceptors (Lipinski definition) is 2. The molecule has 0 bridgehead atoms. The molecule has 0 aliphatic heterocycles. The maximum atomic E-state index is 4.58. The summed E-state index contributed by atoms with van der Waals surface area (Å²) in [5, 5.41) is 12.5. The maximum absolute atomic E-state index is 4.58. The molecular formula is C22H16IrN3-. The second-order valence-corrected chi connectivity index (χ2v) is 6.43. The largest absolute Gasteiger partial charge is 0.316 e. The topological polar surface area (TPSA) is 30.2 Å². The average molecular weight is 515 g/mol. The minimum Gasteiger partial charge on any atom is -0.316 e. The molecule has 2 aromatic heterocycles. The fraction of sp³-hybridized carbons (Fsp3) is 0.0909. The minimum absolute atomic E-state index is 0. The molecule has 3 aromatic carbocycles. The summed E-state index contributed by atoms with van der Waals surface area (Å²) >= 11 is 0. The maximum Gasteiger partial charge on any atom is 0.159 e. The summed E-state index contributed by atoms with van der Waals surface area (Å²) in [6.07, 6.45) is 0. The third-order valence-electron chi connectivity index (χ3n) is 4.88. The van der Waals surface area contributed by atoms with Gasteiger partial charge in [0.2, 0.25) is 0 Å². The number of aryl methyl sites for hydroxylation is 2. The van der Waals surface area contributed by atoms with Gasteiger partial charge in [0.15, 0.2) is 5.82 Å². The molecule has 0 fully saturated rings. The smallest absolute Gasteiger partial charge is 0.159 e. The molecule has 129 valence electrons. The number of hydrogen-bond donors (Lipinski definition) is 0. The summed E-state index contributed by atoms with van der Waals surface area (Å²) < 4.78 is 2.17. The zero-order valence-electron chi connectivity index (χ0n) is 14.4. The van der Waals surface area contributed by atoms with E-state index in [0.717, 1.165) is 33.3 Å². The predicted octanol–water partition coefficient (Wildman–Crippen LogP) is 5.12. The Kier molecular flexibility index (Phi) is 4.10. The second kappa shape index (κ2) is 6.31. The van der Waals surface area contributed by atoms with E-state index in [1.54, 1.807) is 0 Å². The Morgan fingerprint density at radius 3 is 2.35 bits per heavy atom. The van der Waals surface area contributed by atoms with E-state index in [2.05, 4.69) is 83.0 Å². The number of aromatic nitrogens is 3. The van der Waals surface area contributed by atoms with Crippen LogP contribution in [0.25, 0.3) is 38.7 Å². The first-order valence-electron chi connectivity index (χ1n) is 8.38.